The number of nitro benzene ring substituents is 1. The number of halogens is 3. The second-order valence-electron chi connectivity index (χ2n) is 4.21. The molecule has 21 heavy (non-hydrogen) atoms. The smallest absolute Gasteiger partial charge is 0.270 e. The standard InChI is InChI=1S/C14H10Cl2FNO3/c15-7-10-5-12(18(19)20)3-4-14(10)21-8-9-1-2-11(17)6-13(9)16/h1-6H,7-8H2. The van der Waals surface area contributed by atoms with Crippen molar-refractivity contribution in [3.05, 3.63) is 68.5 Å². The molecule has 4 nitrogen and oxygen atoms in total. The summed E-state index contributed by atoms with van der Waals surface area (Å²) in [4.78, 5) is 10.2. The lowest BCUT2D eigenvalue weighted by atomic mass is 10.2. The van der Waals surface area contributed by atoms with Gasteiger partial charge in [-0.3, -0.25) is 10.1 Å². The summed E-state index contributed by atoms with van der Waals surface area (Å²) in [5.41, 5.74) is 1.05. The fourth-order valence-corrected chi connectivity index (χ4v) is 2.15. The van der Waals surface area contributed by atoms with Gasteiger partial charge in [-0.05, 0) is 18.2 Å². The van der Waals surface area contributed by atoms with Gasteiger partial charge in [0.25, 0.3) is 5.69 Å². The van der Waals surface area contributed by atoms with Crippen molar-refractivity contribution in [1.82, 2.24) is 0 Å². The van der Waals surface area contributed by atoms with E-state index >= 15 is 0 Å². The minimum atomic E-state index is -0.503. The lowest BCUT2D eigenvalue weighted by Gasteiger charge is -2.11. The third-order valence-electron chi connectivity index (χ3n) is 2.80. The molecule has 0 fully saturated rings. The number of rotatable bonds is 5. The summed E-state index contributed by atoms with van der Waals surface area (Å²) < 4.78 is 18.5. The van der Waals surface area contributed by atoms with Gasteiger partial charge in [0, 0.05) is 23.3 Å². The third-order valence-corrected chi connectivity index (χ3v) is 3.44. The van der Waals surface area contributed by atoms with Gasteiger partial charge in [-0.2, -0.15) is 0 Å². The van der Waals surface area contributed by atoms with Crippen molar-refractivity contribution in [2.45, 2.75) is 12.5 Å². The number of nitrogens with zero attached hydrogens (tertiary/aromatic N) is 1. The summed E-state index contributed by atoms with van der Waals surface area (Å²) in [7, 11) is 0. The molecule has 2 aromatic carbocycles. The maximum atomic E-state index is 12.9. The number of hydrogen-bond acceptors (Lipinski definition) is 3. The van der Waals surface area contributed by atoms with Crippen LogP contribution in [0.1, 0.15) is 11.1 Å². The molecule has 0 aliphatic carbocycles. The van der Waals surface area contributed by atoms with Gasteiger partial charge in [-0.15, -0.1) is 11.6 Å². The van der Waals surface area contributed by atoms with Gasteiger partial charge in [0.1, 0.15) is 18.2 Å². The highest BCUT2D eigenvalue weighted by Gasteiger charge is 2.12. The molecule has 0 spiro atoms. The van der Waals surface area contributed by atoms with E-state index in [2.05, 4.69) is 0 Å². The Bertz CT molecular complexity index is 679. The summed E-state index contributed by atoms with van der Waals surface area (Å²) in [5.74, 6) is 0.0743. The fraction of sp³-hybridized carbons (Fsp3) is 0.143. The minimum Gasteiger partial charge on any atom is -0.489 e. The van der Waals surface area contributed by atoms with E-state index in [0.29, 0.717) is 16.9 Å². The van der Waals surface area contributed by atoms with Crippen LogP contribution in [0.5, 0.6) is 5.75 Å². The number of hydrogen-bond donors (Lipinski definition) is 0. The molecule has 0 aliphatic rings. The van der Waals surface area contributed by atoms with Crippen molar-refractivity contribution in [2.24, 2.45) is 0 Å². The van der Waals surface area contributed by atoms with Gasteiger partial charge in [0.05, 0.1) is 15.8 Å². The van der Waals surface area contributed by atoms with E-state index in [0.717, 1.165) is 0 Å². The quantitative estimate of drug-likeness (QED) is 0.453. The normalized spacial score (nSPS) is 10.4. The number of ether oxygens (including phenoxy) is 1. The summed E-state index contributed by atoms with van der Waals surface area (Å²) in [6.45, 7) is 0.112. The molecule has 0 N–H and O–H groups in total. The summed E-state index contributed by atoms with van der Waals surface area (Å²) in [6.07, 6.45) is 0. The van der Waals surface area contributed by atoms with Gasteiger partial charge in [-0.25, -0.2) is 4.39 Å². The van der Waals surface area contributed by atoms with Crippen LogP contribution in [-0.2, 0) is 12.5 Å². The van der Waals surface area contributed by atoms with Crippen LogP contribution in [0.3, 0.4) is 0 Å². The van der Waals surface area contributed by atoms with Gasteiger partial charge in [-0.1, -0.05) is 17.7 Å². The predicted octanol–water partition coefficient (Wildman–Crippen LogP) is 4.71. The maximum Gasteiger partial charge on any atom is 0.270 e. The molecule has 7 heteroatoms. The molecule has 0 heterocycles. The first-order valence-corrected chi connectivity index (χ1v) is 6.82. The molecule has 0 aliphatic heterocycles. The summed E-state index contributed by atoms with van der Waals surface area (Å²) in [6, 6.07) is 8.16. The second kappa shape index (κ2) is 6.74. The Hall–Kier alpha value is -1.85. The van der Waals surface area contributed by atoms with Gasteiger partial charge < -0.3 is 4.74 Å². The zero-order chi connectivity index (χ0) is 15.4. The number of benzene rings is 2. The molecule has 0 bridgehead atoms. The Morgan fingerprint density at radius 3 is 2.57 bits per heavy atom. The molecule has 0 radical (unpaired) electrons. The molecule has 110 valence electrons. The van der Waals surface area contributed by atoms with Gasteiger partial charge in [0.2, 0.25) is 0 Å². The third kappa shape index (κ3) is 3.83. The SMILES string of the molecule is O=[N+]([O-])c1ccc(OCc2ccc(F)cc2Cl)c(CCl)c1. The van der Waals surface area contributed by atoms with E-state index in [1.54, 1.807) is 0 Å². The van der Waals surface area contributed by atoms with Crippen molar-refractivity contribution in [2.75, 3.05) is 0 Å². The van der Waals surface area contributed by atoms with Gasteiger partial charge in [0.15, 0.2) is 0 Å². The van der Waals surface area contributed by atoms with Crippen molar-refractivity contribution in [3.63, 3.8) is 0 Å². The lowest BCUT2D eigenvalue weighted by Crippen LogP contribution is -2.00. The van der Waals surface area contributed by atoms with E-state index in [1.165, 1.54) is 36.4 Å². The first-order valence-electron chi connectivity index (χ1n) is 5.91. The Morgan fingerprint density at radius 2 is 1.95 bits per heavy atom. The highest BCUT2D eigenvalue weighted by molar-refractivity contribution is 6.31. The van der Waals surface area contributed by atoms with Crippen LogP contribution >= 0.6 is 23.2 Å². The lowest BCUT2D eigenvalue weighted by molar-refractivity contribution is -0.384. The van der Waals surface area contributed by atoms with Crippen LogP contribution in [0, 0.1) is 15.9 Å². The van der Waals surface area contributed by atoms with Crippen molar-refractivity contribution in [3.8, 4) is 5.75 Å². The van der Waals surface area contributed by atoms with Crippen LogP contribution in [0.4, 0.5) is 10.1 Å². The van der Waals surface area contributed by atoms with Crippen LogP contribution < -0.4 is 4.74 Å². The summed E-state index contributed by atoms with van der Waals surface area (Å²) >= 11 is 11.7. The zero-order valence-electron chi connectivity index (χ0n) is 10.7. The van der Waals surface area contributed by atoms with E-state index in [-0.39, 0.29) is 23.2 Å². The molecule has 2 aromatic rings. The molecular weight excluding hydrogens is 320 g/mol. The maximum absolute atomic E-state index is 12.9. The van der Waals surface area contributed by atoms with Crippen molar-refractivity contribution >= 4 is 28.9 Å². The zero-order valence-corrected chi connectivity index (χ0v) is 12.2. The number of alkyl halides is 1. The molecule has 0 saturated heterocycles. The first kappa shape index (κ1) is 15.5. The van der Waals surface area contributed by atoms with Crippen LogP contribution in [-0.4, -0.2) is 4.92 Å². The van der Waals surface area contributed by atoms with Crippen LogP contribution in [0.15, 0.2) is 36.4 Å². The van der Waals surface area contributed by atoms with E-state index in [9.17, 15) is 14.5 Å². The molecule has 0 unspecified atom stereocenters. The van der Waals surface area contributed by atoms with Crippen molar-refractivity contribution in [1.29, 1.82) is 0 Å². The average molecular weight is 330 g/mol. The highest BCUT2D eigenvalue weighted by atomic mass is 35.5. The van der Waals surface area contributed by atoms with Crippen LogP contribution in [0.25, 0.3) is 0 Å². The molecule has 0 amide bonds. The predicted molar refractivity (Wildman–Crippen MR) is 78.4 cm³/mol. The van der Waals surface area contributed by atoms with E-state index in [4.69, 9.17) is 27.9 Å². The molecule has 0 atom stereocenters. The molecular formula is C14H10Cl2FNO3. The number of non-ortho nitro benzene ring substituents is 1. The Labute approximate surface area is 130 Å². The Kier molecular flexibility index (Phi) is 4.98. The second-order valence-corrected chi connectivity index (χ2v) is 4.88. The highest BCUT2D eigenvalue weighted by Crippen LogP contribution is 2.27. The Morgan fingerprint density at radius 1 is 1.19 bits per heavy atom. The van der Waals surface area contributed by atoms with Crippen LogP contribution in [0.2, 0.25) is 5.02 Å². The van der Waals surface area contributed by atoms with Gasteiger partial charge >= 0.3 is 0 Å². The molecule has 2 rings (SSSR count). The summed E-state index contributed by atoms with van der Waals surface area (Å²) in [5, 5.41) is 11.0. The molecule has 0 aromatic heterocycles. The average Bonchev–Trinajstić information content (AvgIpc) is 2.46. The van der Waals surface area contributed by atoms with E-state index in [1.807, 2.05) is 0 Å². The molecule has 0 saturated carbocycles. The van der Waals surface area contributed by atoms with E-state index < -0.39 is 10.7 Å². The Balaban J connectivity index is 2.17. The monoisotopic (exact) mass is 329 g/mol. The van der Waals surface area contributed by atoms with Crippen molar-refractivity contribution < 1.29 is 14.1 Å². The fourth-order valence-electron chi connectivity index (χ4n) is 1.72. The first-order chi connectivity index (χ1) is 10.0. The topological polar surface area (TPSA) is 52.4 Å². The number of nitro groups is 1. The largest absolute Gasteiger partial charge is 0.489 e. The minimum absolute atomic E-state index is 0.0576.